The number of hydrogen-bond acceptors (Lipinski definition) is 5. The first-order chi connectivity index (χ1) is 18.8. The van der Waals surface area contributed by atoms with Crippen molar-refractivity contribution in [2.45, 2.75) is 44.9 Å². The fourth-order valence-corrected chi connectivity index (χ4v) is 5.31. The predicted octanol–water partition coefficient (Wildman–Crippen LogP) is 4.44. The molecule has 2 aliphatic rings. The average Bonchev–Trinajstić information content (AvgIpc) is 3.58. The number of ether oxygens (including phenoxy) is 1. The number of hydrogen-bond donors (Lipinski definition) is 2. The normalized spacial score (nSPS) is 18.2. The van der Waals surface area contributed by atoms with E-state index in [2.05, 4.69) is 21.3 Å². The Bertz CT molecular complexity index is 1290. The van der Waals surface area contributed by atoms with Crippen molar-refractivity contribution in [3.8, 4) is 11.4 Å². The van der Waals surface area contributed by atoms with Crippen LogP contribution < -0.4 is 10.1 Å². The molecule has 1 atom stereocenters. The highest BCUT2D eigenvalue weighted by atomic mass is 16.5. The molecule has 5 rings (SSSR count). The zero-order valence-electron chi connectivity index (χ0n) is 22.5. The number of likely N-dealkylation sites (tertiary alicyclic amines) is 2. The number of likely N-dealkylation sites (N-methyl/N-ethyl adjacent to an activating group) is 1. The third kappa shape index (κ3) is 6.69. The summed E-state index contributed by atoms with van der Waals surface area (Å²) in [7, 11) is 1.63. The summed E-state index contributed by atoms with van der Waals surface area (Å²) < 4.78 is 8.03. The summed E-state index contributed by atoms with van der Waals surface area (Å²) in [4.78, 5) is 34.4. The van der Waals surface area contributed by atoms with Gasteiger partial charge in [-0.3, -0.25) is 4.90 Å². The fourth-order valence-electron chi connectivity index (χ4n) is 5.31. The van der Waals surface area contributed by atoms with Crippen LogP contribution in [-0.2, 0) is 6.54 Å². The van der Waals surface area contributed by atoms with Crippen molar-refractivity contribution in [2.24, 2.45) is 0 Å². The van der Waals surface area contributed by atoms with Crippen molar-refractivity contribution in [1.82, 2.24) is 24.3 Å². The molecule has 0 saturated carbocycles. The molecule has 0 unspecified atom stereocenters. The van der Waals surface area contributed by atoms with Crippen molar-refractivity contribution >= 4 is 17.8 Å². The minimum atomic E-state index is -0.903. The summed E-state index contributed by atoms with van der Waals surface area (Å²) in [5, 5.41) is 12.4. The number of piperidine rings is 1. The molecule has 2 aromatic carbocycles. The van der Waals surface area contributed by atoms with Crippen LogP contribution in [0.5, 0.6) is 5.75 Å². The Morgan fingerprint density at radius 2 is 1.87 bits per heavy atom. The van der Waals surface area contributed by atoms with E-state index in [0.29, 0.717) is 26.2 Å². The molecule has 3 amide bonds. The molecule has 39 heavy (non-hydrogen) atoms. The smallest absolute Gasteiger partial charge is 0.407 e. The maximum absolute atomic E-state index is 13.2. The first-order valence-electron chi connectivity index (χ1n) is 13.4. The van der Waals surface area contributed by atoms with Crippen LogP contribution in [0, 0.1) is 6.92 Å². The number of benzene rings is 2. The van der Waals surface area contributed by atoms with Gasteiger partial charge in [-0.25, -0.2) is 14.6 Å². The summed E-state index contributed by atoms with van der Waals surface area (Å²) in [6.07, 6.45) is 5.28. The number of urea groups is 1. The molecular formula is C29H36N6O4. The lowest BCUT2D eigenvalue weighted by molar-refractivity contribution is 0.115. The van der Waals surface area contributed by atoms with Crippen LogP contribution in [0.4, 0.5) is 15.3 Å². The van der Waals surface area contributed by atoms with E-state index >= 15 is 0 Å². The molecule has 1 aromatic heterocycles. The molecule has 0 aliphatic carbocycles. The summed E-state index contributed by atoms with van der Waals surface area (Å²) in [6.45, 7) is 5.36. The van der Waals surface area contributed by atoms with Gasteiger partial charge >= 0.3 is 12.1 Å². The monoisotopic (exact) mass is 532 g/mol. The number of carboxylic acid groups (broad SMARTS) is 1. The molecule has 2 saturated heterocycles. The van der Waals surface area contributed by atoms with Gasteiger partial charge in [0.05, 0.1) is 12.0 Å². The second-order valence-corrected chi connectivity index (χ2v) is 10.4. The average molecular weight is 533 g/mol. The molecule has 3 aromatic rings. The van der Waals surface area contributed by atoms with E-state index in [1.54, 1.807) is 13.4 Å². The van der Waals surface area contributed by atoms with Crippen LogP contribution in [0.1, 0.15) is 30.5 Å². The maximum atomic E-state index is 13.2. The molecule has 2 aliphatic heterocycles. The zero-order chi connectivity index (χ0) is 27.4. The minimum absolute atomic E-state index is 0.0186. The summed E-state index contributed by atoms with van der Waals surface area (Å²) in [6, 6.07) is 15.7. The summed E-state index contributed by atoms with van der Waals surface area (Å²) >= 11 is 0. The van der Waals surface area contributed by atoms with E-state index in [1.807, 2.05) is 65.1 Å². The second-order valence-electron chi connectivity index (χ2n) is 10.4. The number of carbonyl (C=O) groups excluding carboxylic acids is 1. The number of carbonyl (C=O) groups is 2. The highest BCUT2D eigenvalue weighted by Crippen LogP contribution is 2.24. The third-order valence-corrected chi connectivity index (χ3v) is 7.52. The number of aryl methyl sites for hydroxylation is 1. The number of rotatable bonds is 7. The van der Waals surface area contributed by atoms with Gasteiger partial charge in [-0.1, -0.05) is 18.2 Å². The van der Waals surface area contributed by atoms with Gasteiger partial charge in [0.15, 0.2) is 0 Å². The number of amides is 3. The van der Waals surface area contributed by atoms with Gasteiger partial charge < -0.3 is 29.5 Å². The van der Waals surface area contributed by atoms with Crippen LogP contribution in [0.25, 0.3) is 5.69 Å². The Kier molecular flexibility index (Phi) is 8.02. The molecule has 0 radical (unpaired) electrons. The molecule has 2 fully saturated rings. The number of para-hydroxylation sites is 1. The first-order valence-corrected chi connectivity index (χ1v) is 13.4. The lowest BCUT2D eigenvalue weighted by Gasteiger charge is -2.32. The summed E-state index contributed by atoms with van der Waals surface area (Å²) in [5.41, 5.74) is 3.59. The van der Waals surface area contributed by atoms with Crippen molar-refractivity contribution in [3.05, 3.63) is 72.3 Å². The lowest BCUT2D eigenvalue weighted by atomic mass is 10.1. The molecule has 0 bridgehead atoms. The van der Waals surface area contributed by atoms with Crippen molar-refractivity contribution in [2.75, 3.05) is 38.5 Å². The quantitative estimate of drug-likeness (QED) is 0.466. The first kappa shape index (κ1) is 26.6. The lowest BCUT2D eigenvalue weighted by Crippen LogP contribution is -2.43. The zero-order valence-corrected chi connectivity index (χ0v) is 22.5. The standard InChI is InChI=1S/C29H36N6O4/c1-21-17-35(20-30-21)25-15-22(18-33-11-8-24(19-33)32(2)29(37)38)14-23(16-25)31-28(36)34-12-9-27(10-13-34)39-26-6-4-3-5-7-26/h3-7,14-17,20,24,27H,8-13,18-19H2,1-2H3,(H,31,36)(H,37,38)/t24-/m0/s1. The SMILES string of the molecule is Cc1cn(-c2cc(CN3CC[C@H](N(C)C(=O)O)C3)cc(NC(=O)N3CCC(Oc4ccccc4)CC3)c2)cn1. The van der Waals surface area contributed by atoms with E-state index in [0.717, 1.165) is 54.2 Å². The highest BCUT2D eigenvalue weighted by Gasteiger charge is 2.28. The molecular weight excluding hydrogens is 496 g/mol. The number of nitrogens with zero attached hydrogens (tertiary/aromatic N) is 5. The molecule has 2 N–H and O–H groups in total. The van der Waals surface area contributed by atoms with Crippen molar-refractivity contribution in [3.63, 3.8) is 0 Å². The maximum Gasteiger partial charge on any atom is 0.407 e. The van der Waals surface area contributed by atoms with Crippen molar-refractivity contribution in [1.29, 1.82) is 0 Å². The van der Waals surface area contributed by atoms with E-state index in [9.17, 15) is 14.7 Å². The Morgan fingerprint density at radius 1 is 1.10 bits per heavy atom. The van der Waals surface area contributed by atoms with E-state index in [1.165, 1.54) is 4.90 Å². The van der Waals surface area contributed by atoms with Gasteiger partial charge in [0.2, 0.25) is 0 Å². The largest absolute Gasteiger partial charge is 0.490 e. The van der Waals surface area contributed by atoms with E-state index < -0.39 is 6.09 Å². The van der Waals surface area contributed by atoms with Crippen LogP contribution in [0.2, 0.25) is 0 Å². The van der Waals surface area contributed by atoms with Crippen LogP contribution >= 0.6 is 0 Å². The van der Waals surface area contributed by atoms with Crippen molar-refractivity contribution < 1.29 is 19.4 Å². The van der Waals surface area contributed by atoms with E-state index in [4.69, 9.17) is 4.74 Å². The Hall–Kier alpha value is -4.05. The molecule has 10 nitrogen and oxygen atoms in total. The van der Waals surface area contributed by atoms with Gasteiger partial charge in [-0.2, -0.15) is 0 Å². The molecule has 10 heteroatoms. The fraction of sp³-hybridized carbons (Fsp3) is 0.414. The molecule has 206 valence electrons. The van der Waals surface area contributed by atoms with Gasteiger partial charge in [-0.15, -0.1) is 0 Å². The van der Waals surface area contributed by atoms with Crippen LogP contribution in [0.3, 0.4) is 0 Å². The Labute approximate surface area is 228 Å². The Balaban J connectivity index is 1.25. The third-order valence-electron chi connectivity index (χ3n) is 7.52. The second kappa shape index (κ2) is 11.8. The number of aromatic nitrogens is 2. The number of anilines is 1. The number of nitrogens with one attached hydrogen (secondary N) is 1. The van der Waals surface area contributed by atoms with Gasteiger partial charge in [0.25, 0.3) is 0 Å². The summed E-state index contributed by atoms with van der Waals surface area (Å²) in [5.74, 6) is 0.860. The van der Waals surface area contributed by atoms with Crippen LogP contribution in [0.15, 0.2) is 61.1 Å². The predicted molar refractivity (Wildman–Crippen MR) is 148 cm³/mol. The van der Waals surface area contributed by atoms with Crippen LogP contribution in [-0.4, -0.2) is 86.9 Å². The van der Waals surface area contributed by atoms with Gasteiger partial charge in [-0.05, 0) is 49.2 Å². The minimum Gasteiger partial charge on any atom is -0.490 e. The molecule has 0 spiro atoms. The Morgan fingerprint density at radius 3 is 2.56 bits per heavy atom. The number of imidazole rings is 1. The highest BCUT2D eigenvalue weighted by molar-refractivity contribution is 5.90. The molecule has 3 heterocycles. The van der Waals surface area contributed by atoms with Gasteiger partial charge in [0.1, 0.15) is 11.9 Å². The van der Waals surface area contributed by atoms with Gasteiger partial charge in [0, 0.05) is 76.2 Å². The topological polar surface area (TPSA) is 103 Å². The van der Waals surface area contributed by atoms with E-state index in [-0.39, 0.29) is 18.2 Å².